The Kier molecular flexibility index (Phi) is 4.45. The highest BCUT2D eigenvalue weighted by atomic mass is 79.9. The number of hydrogen-bond acceptors (Lipinski definition) is 2. The number of nitrogens with one attached hydrogen (secondary N) is 1. The van der Waals surface area contributed by atoms with Crippen LogP contribution >= 0.6 is 27.5 Å². The molecule has 0 aliphatic carbocycles. The van der Waals surface area contributed by atoms with E-state index in [0.29, 0.717) is 22.0 Å². The quantitative estimate of drug-likeness (QED) is 0.901. The van der Waals surface area contributed by atoms with Gasteiger partial charge >= 0.3 is 0 Å². The first-order valence-electron chi connectivity index (χ1n) is 5.51. The van der Waals surface area contributed by atoms with Crippen molar-refractivity contribution in [3.05, 3.63) is 57.5 Å². The van der Waals surface area contributed by atoms with Crippen molar-refractivity contribution in [1.29, 1.82) is 0 Å². The summed E-state index contributed by atoms with van der Waals surface area (Å²) in [5.74, 6) is 0.370. The van der Waals surface area contributed by atoms with Crippen LogP contribution in [0.3, 0.4) is 0 Å². The van der Waals surface area contributed by atoms with E-state index in [1.54, 1.807) is 37.4 Å². The van der Waals surface area contributed by atoms with Crippen LogP contribution in [-0.4, -0.2) is 13.0 Å². The maximum absolute atomic E-state index is 12.1. The van der Waals surface area contributed by atoms with Crippen molar-refractivity contribution in [2.45, 2.75) is 0 Å². The highest BCUT2D eigenvalue weighted by Gasteiger charge is 2.10. The maximum Gasteiger partial charge on any atom is 0.256 e. The number of ether oxygens (including phenoxy) is 1. The molecule has 0 aromatic heterocycles. The smallest absolute Gasteiger partial charge is 0.256 e. The zero-order chi connectivity index (χ0) is 13.8. The van der Waals surface area contributed by atoms with Crippen molar-refractivity contribution in [1.82, 2.24) is 0 Å². The van der Waals surface area contributed by atoms with Crippen LogP contribution in [0.2, 0.25) is 5.02 Å². The van der Waals surface area contributed by atoms with Gasteiger partial charge in [-0.3, -0.25) is 4.79 Å². The molecule has 0 fully saturated rings. The lowest BCUT2D eigenvalue weighted by atomic mass is 10.2. The van der Waals surface area contributed by atoms with Gasteiger partial charge in [-0.05, 0) is 46.3 Å². The summed E-state index contributed by atoms with van der Waals surface area (Å²) in [7, 11) is 1.54. The van der Waals surface area contributed by atoms with Crippen LogP contribution in [0.5, 0.6) is 5.75 Å². The highest BCUT2D eigenvalue weighted by Crippen LogP contribution is 2.27. The summed E-state index contributed by atoms with van der Waals surface area (Å²) in [6.45, 7) is 0. The topological polar surface area (TPSA) is 38.3 Å². The molecule has 0 atom stereocenters. The molecule has 0 aliphatic heterocycles. The fourth-order valence-corrected chi connectivity index (χ4v) is 2.31. The van der Waals surface area contributed by atoms with E-state index in [-0.39, 0.29) is 5.91 Å². The Morgan fingerprint density at radius 1 is 1.26 bits per heavy atom. The number of anilines is 1. The van der Waals surface area contributed by atoms with E-state index in [1.165, 1.54) is 0 Å². The number of halogens is 2. The molecule has 3 nitrogen and oxygen atoms in total. The number of carbonyl (C=O) groups excluding carboxylic acids is 1. The highest BCUT2D eigenvalue weighted by molar-refractivity contribution is 9.10. The van der Waals surface area contributed by atoms with Gasteiger partial charge in [0, 0.05) is 10.2 Å². The van der Waals surface area contributed by atoms with Crippen molar-refractivity contribution in [2.75, 3.05) is 12.4 Å². The lowest BCUT2D eigenvalue weighted by molar-refractivity contribution is 0.102. The maximum atomic E-state index is 12.1. The summed E-state index contributed by atoms with van der Waals surface area (Å²) in [6, 6.07) is 12.3. The molecular formula is C14H11BrClNO2. The summed E-state index contributed by atoms with van der Waals surface area (Å²) in [5.41, 5.74) is 1.18. The first kappa shape index (κ1) is 13.9. The van der Waals surface area contributed by atoms with E-state index in [9.17, 15) is 4.79 Å². The molecule has 2 rings (SSSR count). The molecule has 5 heteroatoms. The van der Waals surface area contributed by atoms with Gasteiger partial charge in [-0.25, -0.2) is 0 Å². The van der Waals surface area contributed by atoms with Crippen LogP contribution in [0.25, 0.3) is 0 Å². The minimum absolute atomic E-state index is 0.200. The van der Waals surface area contributed by atoms with Crippen molar-refractivity contribution >= 4 is 39.1 Å². The Labute approximate surface area is 124 Å². The monoisotopic (exact) mass is 339 g/mol. The average Bonchev–Trinajstić information content (AvgIpc) is 2.39. The standard InChI is InChI=1S/C14H11BrClNO2/c1-19-13-7-6-9(8-12(13)16)17-14(18)10-4-2-3-5-11(10)15/h2-8H,1H3,(H,17,18). The Morgan fingerprint density at radius 3 is 2.63 bits per heavy atom. The van der Waals surface area contributed by atoms with Gasteiger partial charge in [0.15, 0.2) is 0 Å². The van der Waals surface area contributed by atoms with Crippen LogP contribution in [-0.2, 0) is 0 Å². The molecular weight excluding hydrogens is 330 g/mol. The van der Waals surface area contributed by atoms with Crippen LogP contribution in [0.1, 0.15) is 10.4 Å². The van der Waals surface area contributed by atoms with E-state index in [2.05, 4.69) is 21.2 Å². The third kappa shape index (κ3) is 3.28. The molecule has 0 aliphatic rings. The summed E-state index contributed by atoms with van der Waals surface area (Å²) < 4.78 is 5.80. The predicted molar refractivity (Wildman–Crippen MR) is 80.1 cm³/mol. The predicted octanol–water partition coefficient (Wildman–Crippen LogP) is 4.36. The van der Waals surface area contributed by atoms with Crippen molar-refractivity contribution in [2.24, 2.45) is 0 Å². The number of benzene rings is 2. The van der Waals surface area contributed by atoms with Crippen molar-refractivity contribution in [3.8, 4) is 5.75 Å². The minimum atomic E-state index is -0.200. The second-order valence-electron chi connectivity index (χ2n) is 3.78. The molecule has 19 heavy (non-hydrogen) atoms. The fraction of sp³-hybridized carbons (Fsp3) is 0.0714. The van der Waals surface area contributed by atoms with Crippen molar-refractivity contribution in [3.63, 3.8) is 0 Å². The molecule has 0 heterocycles. The molecule has 2 aromatic carbocycles. The minimum Gasteiger partial charge on any atom is -0.495 e. The molecule has 1 amide bonds. The molecule has 0 saturated heterocycles. The zero-order valence-electron chi connectivity index (χ0n) is 10.1. The van der Waals surface area contributed by atoms with E-state index in [1.807, 2.05) is 12.1 Å². The van der Waals surface area contributed by atoms with Gasteiger partial charge < -0.3 is 10.1 Å². The normalized spacial score (nSPS) is 10.1. The average molecular weight is 341 g/mol. The van der Waals surface area contributed by atoms with E-state index >= 15 is 0 Å². The van der Waals surface area contributed by atoms with E-state index in [4.69, 9.17) is 16.3 Å². The molecule has 0 spiro atoms. The molecule has 0 unspecified atom stereocenters. The number of rotatable bonds is 3. The Bertz CT molecular complexity index is 616. The largest absolute Gasteiger partial charge is 0.495 e. The van der Waals surface area contributed by atoms with Gasteiger partial charge in [-0.2, -0.15) is 0 Å². The van der Waals surface area contributed by atoms with Gasteiger partial charge in [0.1, 0.15) is 5.75 Å². The van der Waals surface area contributed by atoms with Crippen LogP contribution < -0.4 is 10.1 Å². The lowest BCUT2D eigenvalue weighted by Gasteiger charge is -2.09. The molecule has 98 valence electrons. The Balaban J connectivity index is 2.20. The second kappa shape index (κ2) is 6.08. The van der Waals surface area contributed by atoms with Gasteiger partial charge in [0.05, 0.1) is 17.7 Å². The first-order chi connectivity index (χ1) is 9.11. The van der Waals surface area contributed by atoms with Crippen LogP contribution in [0.15, 0.2) is 46.9 Å². The van der Waals surface area contributed by atoms with Crippen LogP contribution in [0, 0.1) is 0 Å². The SMILES string of the molecule is COc1ccc(NC(=O)c2ccccc2Br)cc1Cl. The lowest BCUT2D eigenvalue weighted by Crippen LogP contribution is -2.12. The number of amides is 1. The van der Waals surface area contributed by atoms with Crippen LogP contribution in [0.4, 0.5) is 5.69 Å². The second-order valence-corrected chi connectivity index (χ2v) is 5.04. The summed E-state index contributed by atoms with van der Waals surface area (Å²) >= 11 is 9.35. The Morgan fingerprint density at radius 2 is 2.00 bits per heavy atom. The van der Waals surface area contributed by atoms with Gasteiger partial charge in [-0.1, -0.05) is 23.7 Å². The number of methoxy groups -OCH3 is 1. The summed E-state index contributed by atoms with van der Waals surface area (Å²) in [6.07, 6.45) is 0. The Hall–Kier alpha value is -1.52. The first-order valence-corrected chi connectivity index (χ1v) is 6.68. The summed E-state index contributed by atoms with van der Waals surface area (Å²) in [5, 5.41) is 3.23. The number of hydrogen-bond donors (Lipinski definition) is 1. The molecule has 0 bridgehead atoms. The fourth-order valence-electron chi connectivity index (χ4n) is 1.59. The van der Waals surface area contributed by atoms with Gasteiger partial charge in [-0.15, -0.1) is 0 Å². The van der Waals surface area contributed by atoms with Crippen molar-refractivity contribution < 1.29 is 9.53 Å². The third-order valence-corrected chi connectivity index (χ3v) is 3.52. The molecule has 1 N–H and O–H groups in total. The third-order valence-electron chi connectivity index (χ3n) is 2.53. The van der Waals surface area contributed by atoms with Gasteiger partial charge in [0.2, 0.25) is 0 Å². The molecule has 2 aromatic rings. The van der Waals surface area contributed by atoms with E-state index in [0.717, 1.165) is 4.47 Å². The molecule has 0 saturated carbocycles. The van der Waals surface area contributed by atoms with E-state index < -0.39 is 0 Å². The summed E-state index contributed by atoms with van der Waals surface area (Å²) in [4.78, 5) is 12.1. The molecule has 0 radical (unpaired) electrons. The number of carbonyl (C=O) groups is 1. The van der Waals surface area contributed by atoms with Gasteiger partial charge in [0.25, 0.3) is 5.91 Å². The zero-order valence-corrected chi connectivity index (χ0v) is 12.5.